The Hall–Kier alpha value is 0.860. The fourth-order valence-corrected chi connectivity index (χ4v) is 8.83. The van der Waals surface area contributed by atoms with Crippen molar-refractivity contribution in [3.63, 3.8) is 0 Å². The lowest BCUT2D eigenvalue weighted by atomic mass is 10.1. The Morgan fingerprint density at radius 3 is 0.885 bits per heavy atom. The van der Waals surface area contributed by atoms with Crippen molar-refractivity contribution in [1.82, 2.24) is 0 Å². The van der Waals surface area contributed by atoms with Gasteiger partial charge >= 0.3 is 0 Å². The van der Waals surface area contributed by atoms with Crippen LogP contribution < -0.4 is 0 Å². The van der Waals surface area contributed by atoms with Crippen LogP contribution in [0.15, 0.2) is 0 Å². The maximum Gasteiger partial charge on any atom is 0.0611 e. The molecule has 0 amide bonds. The molecule has 0 aliphatic heterocycles. The molecule has 0 fully saturated rings. The van der Waals surface area contributed by atoms with Crippen LogP contribution in [0.3, 0.4) is 0 Å². The third kappa shape index (κ3) is 18.2. The van der Waals surface area contributed by atoms with Crippen LogP contribution in [0.1, 0.15) is 136 Å². The Bertz CT molecular complexity index is 224. The second-order valence-corrected chi connectivity index (χ2v) is 15.8. The summed E-state index contributed by atoms with van der Waals surface area (Å²) < 4.78 is 0. The van der Waals surface area contributed by atoms with Gasteiger partial charge in [0.25, 0.3) is 0 Å². The van der Waals surface area contributed by atoms with Gasteiger partial charge in [0.1, 0.15) is 0 Å². The van der Waals surface area contributed by atoms with Gasteiger partial charge in [-0.05, 0) is 38.5 Å². The van der Waals surface area contributed by atoms with Crippen LogP contribution in [-0.2, 0) is 0 Å². The molecule has 0 radical (unpaired) electrons. The molecule has 0 nitrogen and oxygen atoms in total. The molecule has 0 rings (SSSR count). The molecule has 0 aromatic heterocycles. The van der Waals surface area contributed by atoms with Gasteiger partial charge in [0, 0.05) is 15.9 Å². The first kappa shape index (κ1) is 26.9. The molecule has 0 heterocycles. The average molecular weight is 404 g/mol. The summed E-state index contributed by atoms with van der Waals surface area (Å²) in [5, 5.41) is 0. The van der Waals surface area contributed by atoms with Gasteiger partial charge in [0.05, 0.1) is 18.5 Å². The average Bonchev–Trinajstić information content (AvgIpc) is 2.64. The van der Waals surface area contributed by atoms with Gasteiger partial charge in [0.2, 0.25) is 0 Å². The smallest absolute Gasteiger partial charge is 0.0611 e. The molecule has 0 spiro atoms. The van der Waals surface area contributed by atoms with Crippen LogP contribution in [-0.4, -0.2) is 18.5 Å². The molecular weight excluding hydrogens is 350 g/mol. The minimum Gasteiger partial charge on any atom is -0.0654 e. The van der Waals surface area contributed by atoms with Gasteiger partial charge in [-0.2, -0.15) is 0 Å². The molecule has 0 aromatic rings. The summed E-state index contributed by atoms with van der Waals surface area (Å²) in [5.74, 6) is 0. The summed E-state index contributed by atoms with van der Waals surface area (Å²) in [6, 6.07) is 0. The minimum atomic E-state index is -0.719. The molecule has 1 atom stereocenters. The third-order valence-electron chi connectivity index (χ3n) is 5.87. The first-order valence-corrected chi connectivity index (χ1v) is 16.3. The van der Waals surface area contributed by atoms with E-state index in [0.717, 1.165) is 0 Å². The van der Waals surface area contributed by atoms with Crippen molar-refractivity contribution in [3.8, 4) is 0 Å². The van der Waals surface area contributed by atoms with Crippen molar-refractivity contribution in [3.05, 3.63) is 0 Å². The maximum atomic E-state index is 3.45. The molecular formula is C24H53P2+. The molecule has 2 heteroatoms. The summed E-state index contributed by atoms with van der Waals surface area (Å²) in [7, 11) is 3.45. The largest absolute Gasteiger partial charge is 0.0654 e. The summed E-state index contributed by atoms with van der Waals surface area (Å²) in [6.07, 6.45) is 30.9. The van der Waals surface area contributed by atoms with Crippen LogP contribution >= 0.6 is 15.9 Å². The molecule has 0 aliphatic rings. The Morgan fingerprint density at radius 2 is 0.615 bits per heavy atom. The van der Waals surface area contributed by atoms with Gasteiger partial charge in [-0.15, -0.1) is 0 Å². The quantitative estimate of drug-likeness (QED) is 0.132. The van der Waals surface area contributed by atoms with Gasteiger partial charge in [-0.25, -0.2) is 0 Å². The third-order valence-corrected chi connectivity index (χ3v) is 11.8. The fourth-order valence-electron chi connectivity index (χ4n) is 3.96. The number of unbranched alkanes of at least 4 members (excludes halogenated alkanes) is 15. The highest BCUT2D eigenvalue weighted by molar-refractivity contribution is 8.24. The zero-order valence-electron chi connectivity index (χ0n) is 18.9. The molecule has 26 heavy (non-hydrogen) atoms. The Labute approximate surface area is 170 Å². The second kappa shape index (κ2) is 20.6. The van der Waals surface area contributed by atoms with Crippen molar-refractivity contribution in [1.29, 1.82) is 0 Å². The van der Waals surface area contributed by atoms with E-state index < -0.39 is 6.95 Å². The summed E-state index contributed by atoms with van der Waals surface area (Å²) in [5.41, 5.74) is 0. The van der Waals surface area contributed by atoms with Gasteiger partial charge < -0.3 is 0 Å². The van der Waals surface area contributed by atoms with Crippen LogP contribution in [0.4, 0.5) is 0 Å². The molecule has 1 unspecified atom stereocenters. The van der Waals surface area contributed by atoms with Crippen molar-refractivity contribution < 1.29 is 0 Å². The molecule has 158 valence electrons. The van der Waals surface area contributed by atoms with Gasteiger partial charge in [-0.1, -0.05) is 97.8 Å². The second-order valence-electron chi connectivity index (χ2n) is 8.69. The lowest BCUT2D eigenvalue weighted by Crippen LogP contribution is -2.03. The zero-order chi connectivity index (χ0) is 19.3. The first-order chi connectivity index (χ1) is 12.7. The highest BCUT2D eigenvalue weighted by atomic mass is 32.1. The monoisotopic (exact) mass is 403 g/mol. The predicted molar refractivity (Wildman–Crippen MR) is 131 cm³/mol. The van der Waals surface area contributed by atoms with Gasteiger partial charge in [0.15, 0.2) is 0 Å². The van der Waals surface area contributed by atoms with Crippen molar-refractivity contribution in [2.75, 3.05) is 18.5 Å². The molecule has 0 aliphatic carbocycles. The van der Waals surface area contributed by atoms with Crippen molar-refractivity contribution in [2.24, 2.45) is 0 Å². The summed E-state index contributed by atoms with van der Waals surface area (Å²) >= 11 is 0. The van der Waals surface area contributed by atoms with Crippen LogP contribution in [0.2, 0.25) is 0 Å². The molecule has 0 N–H and O–H groups in total. The van der Waals surface area contributed by atoms with E-state index in [9.17, 15) is 0 Å². The van der Waals surface area contributed by atoms with E-state index in [2.05, 4.69) is 29.7 Å². The lowest BCUT2D eigenvalue weighted by molar-refractivity contribution is 0.617. The van der Waals surface area contributed by atoms with E-state index in [-0.39, 0.29) is 0 Å². The normalized spacial score (nSPS) is 12.0. The first-order valence-electron chi connectivity index (χ1n) is 12.3. The number of rotatable bonds is 21. The van der Waals surface area contributed by atoms with Crippen LogP contribution in [0.5, 0.6) is 0 Å². The standard InChI is InChI=1S/C24H53P2/c1-4-7-10-13-16-19-22-26(25,23-20-17-14-11-8-5-2)24-21-18-15-12-9-6-3/h4-25H2,1-3H3/q+1. The molecule has 0 saturated heterocycles. The van der Waals surface area contributed by atoms with Crippen LogP contribution in [0.25, 0.3) is 0 Å². The van der Waals surface area contributed by atoms with E-state index in [0.29, 0.717) is 0 Å². The van der Waals surface area contributed by atoms with Crippen LogP contribution in [0, 0.1) is 0 Å². The fraction of sp³-hybridized carbons (Fsp3) is 1.00. The number of hydrogen-bond donors (Lipinski definition) is 0. The summed E-state index contributed by atoms with van der Waals surface area (Å²) in [4.78, 5) is 0. The molecule has 0 saturated carbocycles. The van der Waals surface area contributed by atoms with E-state index in [4.69, 9.17) is 0 Å². The highest BCUT2D eigenvalue weighted by Crippen LogP contribution is 2.68. The topological polar surface area (TPSA) is 0 Å². The molecule has 0 bridgehead atoms. The van der Waals surface area contributed by atoms with E-state index in [1.165, 1.54) is 116 Å². The van der Waals surface area contributed by atoms with E-state index in [1.807, 2.05) is 0 Å². The van der Waals surface area contributed by atoms with Gasteiger partial charge in [-0.3, -0.25) is 0 Å². The van der Waals surface area contributed by atoms with E-state index in [1.54, 1.807) is 18.5 Å². The summed E-state index contributed by atoms with van der Waals surface area (Å²) in [6.45, 7) is 6.24. The lowest BCUT2D eigenvalue weighted by Gasteiger charge is -2.23. The Morgan fingerprint density at radius 1 is 0.385 bits per heavy atom. The highest BCUT2D eigenvalue weighted by Gasteiger charge is 2.29. The Kier molecular flexibility index (Phi) is 21.3. The predicted octanol–water partition coefficient (Wildman–Crippen LogP) is 9.88. The molecule has 0 aromatic carbocycles. The van der Waals surface area contributed by atoms with E-state index >= 15 is 0 Å². The Balaban J connectivity index is 4.02. The van der Waals surface area contributed by atoms with Crippen molar-refractivity contribution >= 4 is 15.9 Å². The number of hydrogen-bond acceptors (Lipinski definition) is 0. The van der Waals surface area contributed by atoms with Crippen molar-refractivity contribution in [2.45, 2.75) is 136 Å². The zero-order valence-corrected chi connectivity index (χ0v) is 20.9. The SMILES string of the molecule is CCCCCCCC[P+](P)(CCCCCCCC)CCCCCCCC. The minimum absolute atomic E-state index is 0.719. The maximum absolute atomic E-state index is 3.45.